The van der Waals surface area contributed by atoms with Gasteiger partial charge in [0.2, 0.25) is 10.0 Å². The predicted molar refractivity (Wildman–Crippen MR) is 101 cm³/mol. The van der Waals surface area contributed by atoms with Gasteiger partial charge in [0, 0.05) is 34.7 Å². The van der Waals surface area contributed by atoms with E-state index in [0.717, 1.165) is 48.5 Å². The van der Waals surface area contributed by atoms with Crippen molar-refractivity contribution in [2.75, 3.05) is 30.0 Å². The number of sulfonamides is 1. The maximum atomic E-state index is 11.3. The summed E-state index contributed by atoms with van der Waals surface area (Å²) in [6.45, 7) is 0.855. The van der Waals surface area contributed by atoms with Crippen LogP contribution in [0, 0.1) is 5.41 Å². The van der Waals surface area contributed by atoms with Crippen molar-refractivity contribution in [3.63, 3.8) is 0 Å². The molecular formula is C17H21N3O3S2. The maximum Gasteiger partial charge on any atom is 0.229 e. The fourth-order valence-electron chi connectivity index (χ4n) is 4.20. The highest BCUT2D eigenvalue weighted by Crippen LogP contribution is 2.68. The van der Waals surface area contributed by atoms with Gasteiger partial charge in [-0.15, -0.1) is 11.3 Å². The van der Waals surface area contributed by atoms with Crippen LogP contribution in [-0.4, -0.2) is 38.9 Å². The molecule has 3 aliphatic carbocycles. The molecule has 8 heteroatoms. The number of nitrogens with zero attached hydrogens (tertiary/aromatic N) is 1. The summed E-state index contributed by atoms with van der Waals surface area (Å²) in [6.07, 6.45) is 4.62. The lowest BCUT2D eigenvalue weighted by atomic mass is 9.40. The number of hydrogen-bond acceptors (Lipinski definition) is 6. The standard InChI is InChI=1S/C17H21N3O3S2/c1-23-11-16-8-17(9-16,10-16)19-15-18-14(7-24-15)12-3-5-13(6-4-12)20-25(2,21)22/h3-7,20H,8-11H2,1-2H3,(H,18,19). The molecule has 0 radical (unpaired) electrons. The molecule has 0 spiro atoms. The van der Waals surface area contributed by atoms with Crippen LogP contribution in [0.1, 0.15) is 19.3 Å². The average Bonchev–Trinajstić information content (AvgIpc) is 2.91. The van der Waals surface area contributed by atoms with Gasteiger partial charge in [0.05, 0.1) is 18.6 Å². The molecule has 0 amide bonds. The number of thiazole rings is 1. The van der Waals surface area contributed by atoms with E-state index in [2.05, 4.69) is 15.0 Å². The van der Waals surface area contributed by atoms with Crippen molar-refractivity contribution in [3.8, 4) is 11.3 Å². The number of anilines is 2. The lowest BCUT2D eigenvalue weighted by Crippen LogP contribution is -2.72. The van der Waals surface area contributed by atoms with Crippen molar-refractivity contribution >= 4 is 32.2 Å². The summed E-state index contributed by atoms with van der Waals surface area (Å²) < 4.78 is 30.3. The van der Waals surface area contributed by atoms with Crippen molar-refractivity contribution in [1.29, 1.82) is 0 Å². The summed E-state index contributed by atoms with van der Waals surface area (Å²) in [5, 5.41) is 6.57. The molecule has 1 aromatic heterocycles. The summed E-state index contributed by atoms with van der Waals surface area (Å²) in [5.41, 5.74) is 3.05. The van der Waals surface area contributed by atoms with Crippen molar-refractivity contribution in [2.24, 2.45) is 5.41 Å². The zero-order valence-corrected chi connectivity index (χ0v) is 15.8. The lowest BCUT2D eigenvalue weighted by Gasteiger charge is -2.70. The van der Waals surface area contributed by atoms with Gasteiger partial charge in [-0.1, -0.05) is 12.1 Å². The highest BCUT2D eigenvalue weighted by Gasteiger charge is 2.68. The van der Waals surface area contributed by atoms with Crippen LogP contribution in [0.2, 0.25) is 0 Å². The topological polar surface area (TPSA) is 80.3 Å². The van der Waals surface area contributed by atoms with Gasteiger partial charge in [0.15, 0.2) is 5.13 Å². The fourth-order valence-corrected chi connectivity index (χ4v) is 5.61. The molecule has 5 rings (SSSR count). The molecule has 3 aliphatic rings. The summed E-state index contributed by atoms with van der Waals surface area (Å²) in [7, 11) is -1.49. The minimum atomic E-state index is -3.25. The average molecular weight is 380 g/mol. The molecule has 2 N–H and O–H groups in total. The van der Waals surface area contributed by atoms with E-state index in [0.29, 0.717) is 11.1 Å². The van der Waals surface area contributed by atoms with Gasteiger partial charge in [0.25, 0.3) is 0 Å². The zero-order chi connectivity index (χ0) is 17.7. The summed E-state index contributed by atoms with van der Waals surface area (Å²) >= 11 is 1.61. The van der Waals surface area contributed by atoms with Gasteiger partial charge in [-0.3, -0.25) is 4.72 Å². The number of ether oxygens (including phenoxy) is 1. The zero-order valence-electron chi connectivity index (χ0n) is 14.2. The molecular weight excluding hydrogens is 358 g/mol. The minimum Gasteiger partial charge on any atom is -0.384 e. The molecule has 0 unspecified atom stereocenters. The van der Waals surface area contributed by atoms with E-state index in [4.69, 9.17) is 4.74 Å². The van der Waals surface area contributed by atoms with E-state index in [1.54, 1.807) is 30.6 Å². The Morgan fingerprint density at radius 1 is 1.24 bits per heavy atom. The Hall–Kier alpha value is -1.64. The van der Waals surface area contributed by atoms with E-state index in [9.17, 15) is 8.42 Å². The van der Waals surface area contributed by atoms with Gasteiger partial charge in [-0.05, 0) is 31.4 Å². The van der Waals surface area contributed by atoms with Crippen molar-refractivity contribution in [1.82, 2.24) is 4.98 Å². The van der Waals surface area contributed by atoms with Crippen LogP contribution in [0.5, 0.6) is 0 Å². The first-order chi connectivity index (χ1) is 11.8. The summed E-state index contributed by atoms with van der Waals surface area (Å²) in [4.78, 5) is 4.68. The molecule has 1 aromatic carbocycles. The molecule has 134 valence electrons. The van der Waals surface area contributed by atoms with E-state index >= 15 is 0 Å². The van der Waals surface area contributed by atoms with E-state index in [1.165, 1.54) is 0 Å². The van der Waals surface area contributed by atoms with Crippen molar-refractivity contribution in [3.05, 3.63) is 29.6 Å². The SMILES string of the molecule is COCC12CC(Nc3nc(-c4ccc(NS(C)(=O)=O)cc4)cs3)(C1)C2. The first-order valence-electron chi connectivity index (χ1n) is 8.11. The molecule has 3 fully saturated rings. The van der Waals surface area contributed by atoms with Crippen LogP contribution in [0.4, 0.5) is 10.8 Å². The van der Waals surface area contributed by atoms with Crippen LogP contribution < -0.4 is 10.0 Å². The number of rotatable bonds is 7. The molecule has 0 aliphatic heterocycles. The third-order valence-corrected chi connectivity index (χ3v) is 6.32. The fraction of sp³-hybridized carbons (Fsp3) is 0.471. The molecule has 2 aromatic rings. The normalized spacial score (nSPS) is 27.3. The van der Waals surface area contributed by atoms with Gasteiger partial charge < -0.3 is 10.1 Å². The van der Waals surface area contributed by atoms with Crippen molar-refractivity contribution < 1.29 is 13.2 Å². The molecule has 0 atom stereocenters. The molecule has 2 bridgehead atoms. The van der Waals surface area contributed by atoms with Gasteiger partial charge in [0.1, 0.15) is 0 Å². The molecule has 6 nitrogen and oxygen atoms in total. The summed E-state index contributed by atoms with van der Waals surface area (Å²) in [6, 6.07) is 7.25. The Labute approximate surface area is 151 Å². The predicted octanol–water partition coefficient (Wildman–Crippen LogP) is 3.16. The number of aromatic nitrogens is 1. The first-order valence-corrected chi connectivity index (χ1v) is 10.9. The van der Waals surface area contributed by atoms with Crippen LogP contribution in [0.3, 0.4) is 0 Å². The third-order valence-electron chi connectivity index (χ3n) is 4.95. The largest absolute Gasteiger partial charge is 0.384 e. The number of nitrogens with one attached hydrogen (secondary N) is 2. The second kappa shape index (κ2) is 5.69. The van der Waals surface area contributed by atoms with Crippen LogP contribution in [-0.2, 0) is 14.8 Å². The van der Waals surface area contributed by atoms with E-state index in [-0.39, 0.29) is 5.54 Å². The Morgan fingerprint density at radius 3 is 2.52 bits per heavy atom. The molecule has 1 heterocycles. The second-order valence-corrected chi connectivity index (χ2v) is 9.96. The van der Waals surface area contributed by atoms with Gasteiger partial charge in [-0.25, -0.2) is 13.4 Å². The number of methoxy groups -OCH3 is 1. The Bertz CT molecular complexity index is 870. The Balaban J connectivity index is 1.40. The van der Waals surface area contributed by atoms with Crippen molar-refractivity contribution in [2.45, 2.75) is 24.8 Å². The third kappa shape index (κ3) is 3.26. The Morgan fingerprint density at radius 2 is 1.92 bits per heavy atom. The smallest absolute Gasteiger partial charge is 0.229 e. The number of hydrogen-bond donors (Lipinski definition) is 2. The second-order valence-electron chi connectivity index (χ2n) is 7.36. The van der Waals surface area contributed by atoms with Crippen LogP contribution >= 0.6 is 11.3 Å². The first kappa shape index (κ1) is 16.8. The van der Waals surface area contributed by atoms with E-state index < -0.39 is 10.0 Å². The highest BCUT2D eigenvalue weighted by molar-refractivity contribution is 7.92. The van der Waals surface area contributed by atoms with Gasteiger partial charge in [-0.2, -0.15) is 0 Å². The maximum absolute atomic E-state index is 11.3. The van der Waals surface area contributed by atoms with E-state index in [1.807, 2.05) is 17.5 Å². The lowest BCUT2D eigenvalue weighted by molar-refractivity contribution is -0.154. The van der Waals surface area contributed by atoms with Gasteiger partial charge >= 0.3 is 0 Å². The molecule has 0 saturated heterocycles. The minimum absolute atomic E-state index is 0.219. The van der Waals surface area contributed by atoms with Crippen LogP contribution in [0.25, 0.3) is 11.3 Å². The highest BCUT2D eigenvalue weighted by atomic mass is 32.2. The number of benzene rings is 1. The Kier molecular flexibility index (Phi) is 3.82. The monoisotopic (exact) mass is 379 g/mol. The molecule has 25 heavy (non-hydrogen) atoms. The molecule has 3 saturated carbocycles. The quantitative estimate of drug-likeness (QED) is 0.772. The summed E-state index contributed by atoms with van der Waals surface area (Å²) in [5.74, 6) is 0. The van der Waals surface area contributed by atoms with Crippen LogP contribution in [0.15, 0.2) is 29.6 Å².